The fourth-order valence-electron chi connectivity index (χ4n) is 1.90. The van der Waals surface area contributed by atoms with Gasteiger partial charge in [0.05, 0.1) is 16.4 Å². The number of aliphatic carboxylic acids is 1. The van der Waals surface area contributed by atoms with Crippen LogP contribution < -0.4 is 10.6 Å². The highest BCUT2D eigenvalue weighted by Crippen LogP contribution is 2.20. The second-order valence-corrected chi connectivity index (χ2v) is 5.25. The normalized spacial score (nSPS) is 20.7. The zero-order valence-electron chi connectivity index (χ0n) is 10.3. The van der Waals surface area contributed by atoms with Crippen LogP contribution in [-0.2, 0) is 4.79 Å². The molecule has 0 fully saturated rings. The first-order valence-corrected chi connectivity index (χ1v) is 6.68. The molecule has 0 saturated heterocycles. The Morgan fingerprint density at radius 1 is 1.35 bits per heavy atom. The Balaban J connectivity index is 1.89. The molecule has 1 aliphatic carbocycles. The Hall–Kier alpha value is -1.89. The molecule has 0 aromatic heterocycles. The summed E-state index contributed by atoms with van der Waals surface area (Å²) in [5.41, 5.74) is 0.319. The Morgan fingerprint density at radius 2 is 2.10 bits per heavy atom. The molecule has 1 aliphatic rings. The maximum Gasteiger partial charge on any atom is 0.319 e. The van der Waals surface area contributed by atoms with Crippen molar-refractivity contribution in [2.45, 2.75) is 12.5 Å². The average molecular weight is 343 g/mol. The molecule has 2 unspecified atom stereocenters. The molecule has 7 heteroatoms. The van der Waals surface area contributed by atoms with Crippen molar-refractivity contribution in [2.75, 3.05) is 5.32 Å². The maximum atomic E-state index is 13.3. The third-order valence-corrected chi connectivity index (χ3v) is 3.54. The van der Waals surface area contributed by atoms with Gasteiger partial charge in [-0.2, -0.15) is 0 Å². The molecule has 0 heterocycles. The van der Waals surface area contributed by atoms with Crippen LogP contribution in [0.4, 0.5) is 14.9 Å². The van der Waals surface area contributed by atoms with Crippen molar-refractivity contribution in [3.63, 3.8) is 0 Å². The molecular formula is C13H12BrFN2O3. The molecule has 5 nitrogen and oxygen atoms in total. The van der Waals surface area contributed by atoms with Crippen molar-refractivity contribution in [3.8, 4) is 0 Å². The van der Waals surface area contributed by atoms with Gasteiger partial charge in [-0.25, -0.2) is 9.18 Å². The van der Waals surface area contributed by atoms with E-state index >= 15 is 0 Å². The molecule has 0 aliphatic heterocycles. The first-order chi connectivity index (χ1) is 9.45. The lowest BCUT2D eigenvalue weighted by Crippen LogP contribution is -2.36. The average Bonchev–Trinajstić information content (AvgIpc) is 2.82. The highest BCUT2D eigenvalue weighted by molar-refractivity contribution is 9.10. The summed E-state index contributed by atoms with van der Waals surface area (Å²) in [6, 6.07) is 3.38. The van der Waals surface area contributed by atoms with Crippen LogP contribution in [0.3, 0.4) is 0 Å². The first-order valence-electron chi connectivity index (χ1n) is 5.89. The molecular weight excluding hydrogens is 331 g/mol. The van der Waals surface area contributed by atoms with E-state index in [1.165, 1.54) is 12.1 Å². The van der Waals surface area contributed by atoms with E-state index in [2.05, 4.69) is 26.6 Å². The number of halogens is 2. The van der Waals surface area contributed by atoms with Gasteiger partial charge in [-0.15, -0.1) is 0 Å². The monoisotopic (exact) mass is 342 g/mol. The zero-order chi connectivity index (χ0) is 14.7. The van der Waals surface area contributed by atoms with E-state index in [-0.39, 0.29) is 6.04 Å². The minimum atomic E-state index is -0.916. The van der Waals surface area contributed by atoms with Crippen molar-refractivity contribution < 1.29 is 19.1 Å². The van der Waals surface area contributed by atoms with Crippen LogP contribution in [-0.4, -0.2) is 23.1 Å². The van der Waals surface area contributed by atoms with Gasteiger partial charge in [-0.3, -0.25) is 4.79 Å². The molecule has 0 saturated carbocycles. The largest absolute Gasteiger partial charge is 0.481 e. The minimum Gasteiger partial charge on any atom is -0.481 e. The third kappa shape index (κ3) is 3.57. The number of carbonyl (C=O) groups is 2. The van der Waals surface area contributed by atoms with Gasteiger partial charge >= 0.3 is 12.0 Å². The lowest BCUT2D eigenvalue weighted by atomic mass is 10.1. The number of carbonyl (C=O) groups excluding carboxylic acids is 1. The Morgan fingerprint density at radius 3 is 2.70 bits per heavy atom. The smallest absolute Gasteiger partial charge is 0.319 e. The van der Waals surface area contributed by atoms with Crippen LogP contribution in [0.2, 0.25) is 0 Å². The van der Waals surface area contributed by atoms with Crippen LogP contribution in [0.1, 0.15) is 6.42 Å². The van der Waals surface area contributed by atoms with E-state index in [4.69, 9.17) is 5.11 Å². The highest BCUT2D eigenvalue weighted by Gasteiger charge is 2.25. The number of hydrogen-bond donors (Lipinski definition) is 3. The third-order valence-electron chi connectivity index (χ3n) is 2.89. The quantitative estimate of drug-likeness (QED) is 0.739. The molecule has 106 valence electrons. The van der Waals surface area contributed by atoms with E-state index in [1.54, 1.807) is 18.2 Å². The summed E-state index contributed by atoms with van der Waals surface area (Å²) < 4.78 is 13.6. The van der Waals surface area contributed by atoms with E-state index in [1.807, 2.05) is 0 Å². The zero-order valence-corrected chi connectivity index (χ0v) is 11.9. The minimum absolute atomic E-state index is 0.312. The van der Waals surface area contributed by atoms with Crippen molar-refractivity contribution in [2.24, 2.45) is 5.92 Å². The number of benzene rings is 1. The summed E-state index contributed by atoms with van der Waals surface area (Å²) in [5, 5.41) is 13.9. The van der Waals surface area contributed by atoms with Gasteiger partial charge in [0, 0.05) is 5.69 Å². The van der Waals surface area contributed by atoms with E-state index in [0.29, 0.717) is 16.6 Å². The number of urea groups is 1. The fourth-order valence-corrected chi connectivity index (χ4v) is 2.15. The predicted molar refractivity (Wildman–Crippen MR) is 74.9 cm³/mol. The lowest BCUT2D eigenvalue weighted by molar-refractivity contribution is -0.140. The van der Waals surface area contributed by atoms with Gasteiger partial charge < -0.3 is 15.7 Å². The standard InChI is InChI=1S/C13H12BrFN2O3/c14-10-4-3-9(6-11(10)15)17-13(20)16-8-2-1-7(5-8)12(18)19/h1-4,6-8H,5H2,(H,18,19)(H2,16,17,20). The second kappa shape index (κ2) is 6.04. The van der Waals surface area contributed by atoms with E-state index in [0.717, 1.165) is 0 Å². The number of amides is 2. The van der Waals surface area contributed by atoms with Crippen LogP contribution in [0.25, 0.3) is 0 Å². The predicted octanol–water partition coefficient (Wildman–Crippen LogP) is 2.74. The Kier molecular flexibility index (Phi) is 4.39. The number of nitrogens with one attached hydrogen (secondary N) is 2. The molecule has 2 amide bonds. The highest BCUT2D eigenvalue weighted by atomic mass is 79.9. The van der Waals surface area contributed by atoms with Gasteiger partial charge in [0.25, 0.3) is 0 Å². The SMILES string of the molecule is O=C(Nc1ccc(Br)c(F)c1)NC1C=CC(C(=O)O)C1. The molecule has 0 spiro atoms. The van der Waals surface area contributed by atoms with Crippen molar-refractivity contribution >= 4 is 33.6 Å². The molecule has 0 radical (unpaired) electrons. The number of carboxylic acid groups (broad SMARTS) is 1. The van der Waals surface area contributed by atoms with Gasteiger partial charge in [0.15, 0.2) is 0 Å². The van der Waals surface area contributed by atoms with Gasteiger partial charge in [-0.05, 0) is 40.5 Å². The van der Waals surface area contributed by atoms with E-state index in [9.17, 15) is 14.0 Å². The van der Waals surface area contributed by atoms with Crippen molar-refractivity contribution in [1.29, 1.82) is 0 Å². The van der Waals surface area contributed by atoms with Crippen LogP contribution >= 0.6 is 15.9 Å². The summed E-state index contributed by atoms with van der Waals surface area (Å²) in [6.07, 6.45) is 3.50. The van der Waals surface area contributed by atoms with Crippen LogP contribution in [0, 0.1) is 11.7 Å². The molecule has 0 bridgehead atoms. The Labute approximate surface area is 123 Å². The van der Waals surface area contributed by atoms with Gasteiger partial charge in [-0.1, -0.05) is 12.2 Å². The molecule has 2 atom stereocenters. The van der Waals surface area contributed by atoms with Gasteiger partial charge in [0.1, 0.15) is 5.82 Å². The van der Waals surface area contributed by atoms with Crippen molar-refractivity contribution in [3.05, 3.63) is 40.6 Å². The molecule has 20 heavy (non-hydrogen) atoms. The van der Waals surface area contributed by atoms with Crippen LogP contribution in [0.5, 0.6) is 0 Å². The second-order valence-electron chi connectivity index (χ2n) is 4.40. The summed E-state index contributed by atoms with van der Waals surface area (Å²) in [5.74, 6) is -1.97. The summed E-state index contributed by atoms with van der Waals surface area (Å²) in [6.45, 7) is 0. The van der Waals surface area contributed by atoms with Crippen LogP contribution in [0.15, 0.2) is 34.8 Å². The fraction of sp³-hybridized carbons (Fsp3) is 0.231. The van der Waals surface area contributed by atoms with Crippen molar-refractivity contribution in [1.82, 2.24) is 5.32 Å². The molecule has 2 rings (SSSR count). The number of hydrogen-bond acceptors (Lipinski definition) is 2. The first kappa shape index (κ1) is 14.5. The number of anilines is 1. The molecule has 1 aromatic rings. The summed E-state index contributed by atoms with van der Waals surface area (Å²) >= 11 is 3.02. The number of carboxylic acids is 1. The maximum absolute atomic E-state index is 13.3. The summed E-state index contributed by atoms with van der Waals surface area (Å²) in [7, 11) is 0. The molecule has 1 aromatic carbocycles. The Bertz CT molecular complexity index is 577. The number of rotatable bonds is 3. The van der Waals surface area contributed by atoms with E-state index < -0.39 is 23.7 Å². The summed E-state index contributed by atoms with van der Waals surface area (Å²) in [4.78, 5) is 22.5. The topological polar surface area (TPSA) is 78.4 Å². The molecule has 3 N–H and O–H groups in total. The lowest BCUT2D eigenvalue weighted by Gasteiger charge is -2.13. The van der Waals surface area contributed by atoms with Gasteiger partial charge in [0.2, 0.25) is 0 Å².